The highest BCUT2D eigenvalue weighted by molar-refractivity contribution is 6.12. The lowest BCUT2D eigenvalue weighted by molar-refractivity contribution is -0.137. The molecule has 0 unspecified atom stereocenters. The van der Waals surface area contributed by atoms with E-state index in [1.165, 1.54) is 12.1 Å². The Hall–Kier alpha value is -3.09. The molecule has 0 saturated heterocycles. The van der Waals surface area contributed by atoms with Crippen LogP contribution in [0, 0.1) is 0 Å². The first kappa shape index (κ1) is 15.8. The van der Waals surface area contributed by atoms with Gasteiger partial charge in [0.2, 0.25) is 5.78 Å². The third-order valence-corrected chi connectivity index (χ3v) is 3.49. The summed E-state index contributed by atoms with van der Waals surface area (Å²) >= 11 is 0. The van der Waals surface area contributed by atoms with Crippen LogP contribution >= 0.6 is 0 Å². The van der Waals surface area contributed by atoms with Gasteiger partial charge in [0.25, 0.3) is 0 Å². The normalized spacial score (nSPS) is 11.6. The Morgan fingerprint density at radius 2 is 1.62 bits per heavy atom. The fourth-order valence-electron chi connectivity index (χ4n) is 2.29. The van der Waals surface area contributed by atoms with Crippen molar-refractivity contribution >= 4 is 16.8 Å². The largest absolute Gasteiger partial charge is 0.506 e. The van der Waals surface area contributed by atoms with Gasteiger partial charge in [-0.1, -0.05) is 24.3 Å². The van der Waals surface area contributed by atoms with Crippen molar-refractivity contribution in [3.05, 3.63) is 75.6 Å². The van der Waals surface area contributed by atoms with Gasteiger partial charge in [-0.25, -0.2) is 4.79 Å². The van der Waals surface area contributed by atoms with Gasteiger partial charge in [-0.3, -0.25) is 4.79 Å². The second-order valence-corrected chi connectivity index (χ2v) is 5.01. The molecule has 0 aliphatic rings. The van der Waals surface area contributed by atoms with Crippen molar-refractivity contribution in [2.75, 3.05) is 0 Å². The monoisotopic (exact) mass is 334 g/mol. The van der Waals surface area contributed by atoms with Gasteiger partial charge in [0.05, 0.1) is 10.9 Å². The van der Waals surface area contributed by atoms with Crippen molar-refractivity contribution in [2.45, 2.75) is 6.18 Å². The number of fused-ring (bicyclic) bond motifs is 1. The number of benzene rings is 2. The van der Waals surface area contributed by atoms with Crippen LogP contribution in [0.15, 0.2) is 57.7 Å². The number of rotatable bonds is 2. The summed E-state index contributed by atoms with van der Waals surface area (Å²) < 4.78 is 42.6. The van der Waals surface area contributed by atoms with E-state index in [-0.39, 0.29) is 16.5 Å². The Kier molecular flexibility index (Phi) is 3.63. The number of para-hydroxylation sites is 1. The van der Waals surface area contributed by atoms with E-state index in [0.29, 0.717) is 0 Å². The van der Waals surface area contributed by atoms with Gasteiger partial charge >= 0.3 is 11.8 Å². The van der Waals surface area contributed by atoms with Crippen LogP contribution in [0.2, 0.25) is 0 Å². The summed E-state index contributed by atoms with van der Waals surface area (Å²) in [6.45, 7) is 0. The average Bonchev–Trinajstić information content (AvgIpc) is 2.54. The van der Waals surface area contributed by atoms with Crippen LogP contribution in [0.4, 0.5) is 13.2 Å². The number of carbonyl (C=O) groups is 1. The van der Waals surface area contributed by atoms with E-state index in [4.69, 9.17) is 4.42 Å². The van der Waals surface area contributed by atoms with Gasteiger partial charge in [-0.15, -0.1) is 0 Å². The number of carbonyl (C=O) groups excluding carboxylic acids is 1. The molecular formula is C17H9F3O4. The van der Waals surface area contributed by atoms with Gasteiger partial charge in [0.1, 0.15) is 11.3 Å². The fraction of sp³-hybridized carbons (Fsp3) is 0.0588. The van der Waals surface area contributed by atoms with Crippen LogP contribution in [-0.2, 0) is 6.18 Å². The van der Waals surface area contributed by atoms with Crippen LogP contribution in [0.3, 0.4) is 0 Å². The topological polar surface area (TPSA) is 67.5 Å². The Morgan fingerprint density at radius 3 is 2.25 bits per heavy atom. The van der Waals surface area contributed by atoms with E-state index in [9.17, 15) is 27.9 Å². The number of hydrogen-bond donors (Lipinski definition) is 1. The lowest BCUT2D eigenvalue weighted by Crippen LogP contribution is -2.15. The zero-order chi connectivity index (χ0) is 17.5. The van der Waals surface area contributed by atoms with E-state index in [1.807, 2.05) is 0 Å². The van der Waals surface area contributed by atoms with Crippen molar-refractivity contribution in [3.8, 4) is 5.75 Å². The standard InChI is InChI=1S/C17H9F3O4/c18-17(19,20)10-7-5-9(6-8-10)14(21)13-15(22)11-3-1-2-4-12(11)24-16(13)23/h1-8,22H. The molecule has 7 heteroatoms. The summed E-state index contributed by atoms with van der Waals surface area (Å²) in [6.07, 6.45) is -4.54. The van der Waals surface area contributed by atoms with E-state index in [2.05, 4.69) is 0 Å². The average molecular weight is 334 g/mol. The number of alkyl halides is 3. The van der Waals surface area contributed by atoms with Gasteiger partial charge in [-0.2, -0.15) is 13.2 Å². The highest BCUT2D eigenvalue weighted by Crippen LogP contribution is 2.31. The third kappa shape index (κ3) is 2.64. The van der Waals surface area contributed by atoms with E-state index in [1.54, 1.807) is 12.1 Å². The van der Waals surface area contributed by atoms with E-state index < -0.39 is 34.5 Å². The first-order valence-corrected chi connectivity index (χ1v) is 6.76. The zero-order valence-electron chi connectivity index (χ0n) is 11.9. The van der Waals surface area contributed by atoms with Crippen molar-refractivity contribution in [1.29, 1.82) is 0 Å². The molecular weight excluding hydrogens is 325 g/mol. The maximum atomic E-state index is 12.6. The van der Waals surface area contributed by atoms with Gasteiger partial charge < -0.3 is 9.52 Å². The smallest absolute Gasteiger partial charge is 0.416 e. The molecule has 0 atom stereocenters. The maximum absolute atomic E-state index is 12.6. The molecule has 3 rings (SSSR count). The SMILES string of the molecule is O=C(c1ccc(C(F)(F)F)cc1)c1c(O)c2ccccc2oc1=O. The van der Waals surface area contributed by atoms with Crippen molar-refractivity contribution < 1.29 is 27.5 Å². The van der Waals surface area contributed by atoms with E-state index in [0.717, 1.165) is 24.3 Å². The number of hydrogen-bond acceptors (Lipinski definition) is 4. The Morgan fingerprint density at radius 1 is 1.00 bits per heavy atom. The first-order valence-electron chi connectivity index (χ1n) is 6.76. The van der Waals surface area contributed by atoms with Crippen LogP contribution < -0.4 is 5.63 Å². The van der Waals surface area contributed by atoms with Crippen molar-refractivity contribution in [1.82, 2.24) is 0 Å². The van der Waals surface area contributed by atoms with Crippen LogP contribution in [0.5, 0.6) is 5.75 Å². The predicted octanol–water partition coefficient (Wildman–Crippen LogP) is 3.75. The summed E-state index contributed by atoms with van der Waals surface area (Å²) in [5.74, 6) is -1.48. The molecule has 0 aliphatic heterocycles. The fourth-order valence-corrected chi connectivity index (χ4v) is 2.29. The molecule has 0 bridgehead atoms. The summed E-state index contributed by atoms with van der Waals surface area (Å²) in [7, 11) is 0. The van der Waals surface area contributed by atoms with Crippen molar-refractivity contribution in [3.63, 3.8) is 0 Å². The van der Waals surface area contributed by atoms with Crippen LogP contribution in [-0.4, -0.2) is 10.9 Å². The molecule has 0 spiro atoms. The Bertz CT molecular complexity index is 985. The minimum absolute atomic E-state index is 0.101. The predicted molar refractivity (Wildman–Crippen MR) is 79.0 cm³/mol. The second kappa shape index (κ2) is 5.52. The Labute approximate surface area is 132 Å². The molecule has 4 nitrogen and oxygen atoms in total. The minimum atomic E-state index is -4.54. The quantitative estimate of drug-likeness (QED) is 0.572. The molecule has 122 valence electrons. The summed E-state index contributed by atoms with van der Waals surface area (Å²) in [5.41, 5.74) is -2.66. The van der Waals surface area contributed by atoms with Crippen LogP contribution in [0.25, 0.3) is 11.0 Å². The maximum Gasteiger partial charge on any atom is 0.416 e. The molecule has 1 heterocycles. The lowest BCUT2D eigenvalue weighted by Gasteiger charge is -2.08. The summed E-state index contributed by atoms with van der Waals surface area (Å²) in [4.78, 5) is 24.4. The van der Waals surface area contributed by atoms with Gasteiger partial charge in [0, 0.05) is 5.56 Å². The molecule has 0 aliphatic carbocycles. The number of aromatic hydroxyl groups is 1. The van der Waals surface area contributed by atoms with E-state index >= 15 is 0 Å². The molecule has 1 aromatic heterocycles. The summed E-state index contributed by atoms with van der Waals surface area (Å²) in [6, 6.07) is 9.41. The van der Waals surface area contributed by atoms with Gasteiger partial charge in [0.15, 0.2) is 5.56 Å². The molecule has 1 N–H and O–H groups in total. The second-order valence-electron chi connectivity index (χ2n) is 5.01. The van der Waals surface area contributed by atoms with Crippen molar-refractivity contribution in [2.24, 2.45) is 0 Å². The molecule has 2 aromatic carbocycles. The lowest BCUT2D eigenvalue weighted by atomic mass is 10.0. The zero-order valence-corrected chi connectivity index (χ0v) is 11.9. The van der Waals surface area contributed by atoms with Crippen LogP contribution in [0.1, 0.15) is 21.5 Å². The third-order valence-electron chi connectivity index (χ3n) is 3.49. The molecule has 24 heavy (non-hydrogen) atoms. The highest BCUT2D eigenvalue weighted by atomic mass is 19.4. The molecule has 0 fully saturated rings. The van der Waals surface area contributed by atoms with Gasteiger partial charge in [-0.05, 0) is 24.3 Å². The molecule has 0 radical (unpaired) electrons. The highest BCUT2D eigenvalue weighted by Gasteiger charge is 2.30. The minimum Gasteiger partial charge on any atom is -0.506 e. The summed E-state index contributed by atoms with van der Waals surface area (Å²) in [5, 5.41) is 10.3. The molecule has 0 saturated carbocycles. The first-order chi connectivity index (χ1) is 11.3. The molecule has 0 amide bonds. The number of halogens is 3. The number of ketones is 1. The molecule has 3 aromatic rings. The Balaban J connectivity index is 2.11.